The molecule has 2 N–H and O–H groups in total. The van der Waals surface area contributed by atoms with Gasteiger partial charge in [0.05, 0.1) is 12.2 Å². The molecule has 3 rings (SSSR count). The summed E-state index contributed by atoms with van der Waals surface area (Å²) >= 11 is 0. The van der Waals surface area contributed by atoms with Crippen LogP contribution in [-0.4, -0.2) is 35.1 Å². The number of halogens is 1. The molecule has 0 unspecified atom stereocenters. The number of pyridine rings is 1. The van der Waals surface area contributed by atoms with Gasteiger partial charge in [0, 0.05) is 25.3 Å². The van der Waals surface area contributed by atoms with E-state index in [1.807, 2.05) is 18.7 Å². The number of urea groups is 1. The molecule has 1 fully saturated rings. The third-order valence-corrected chi connectivity index (χ3v) is 4.04. The Labute approximate surface area is 139 Å². The minimum atomic E-state index is -0.350. The zero-order chi connectivity index (χ0) is 17.1. The van der Waals surface area contributed by atoms with Gasteiger partial charge in [0.25, 0.3) is 0 Å². The summed E-state index contributed by atoms with van der Waals surface area (Å²) in [6.07, 6.45) is 2.30. The molecule has 128 valence electrons. The molecule has 2 amide bonds. The first-order valence-electron chi connectivity index (χ1n) is 7.85. The monoisotopic (exact) mass is 333 g/mol. The van der Waals surface area contributed by atoms with Crippen molar-refractivity contribution in [3.63, 3.8) is 0 Å². The van der Waals surface area contributed by atoms with Gasteiger partial charge < -0.3 is 20.0 Å². The number of carbonyl (C=O) groups excluding carboxylic acids is 1. The van der Waals surface area contributed by atoms with Gasteiger partial charge in [-0.2, -0.15) is 0 Å². The Hall–Kier alpha value is -2.64. The Kier molecular flexibility index (Phi) is 4.64. The summed E-state index contributed by atoms with van der Waals surface area (Å²) in [6.45, 7) is 5.09. The number of oxazole rings is 1. The molecule has 0 saturated carbocycles. The van der Waals surface area contributed by atoms with Crippen molar-refractivity contribution in [2.24, 2.45) is 0 Å². The van der Waals surface area contributed by atoms with E-state index in [2.05, 4.69) is 20.6 Å². The van der Waals surface area contributed by atoms with Gasteiger partial charge in [0.1, 0.15) is 5.76 Å². The Morgan fingerprint density at radius 2 is 2.33 bits per heavy atom. The van der Waals surface area contributed by atoms with Crippen LogP contribution in [-0.2, 0) is 6.54 Å². The van der Waals surface area contributed by atoms with E-state index in [0.717, 1.165) is 17.9 Å². The second kappa shape index (κ2) is 6.86. The van der Waals surface area contributed by atoms with Crippen molar-refractivity contribution in [3.8, 4) is 0 Å². The van der Waals surface area contributed by atoms with Crippen molar-refractivity contribution >= 4 is 11.8 Å². The highest BCUT2D eigenvalue weighted by atomic mass is 19.1. The molecule has 1 saturated heterocycles. The van der Waals surface area contributed by atoms with Gasteiger partial charge >= 0.3 is 6.03 Å². The van der Waals surface area contributed by atoms with Gasteiger partial charge in [-0.1, -0.05) is 0 Å². The van der Waals surface area contributed by atoms with Crippen LogP contribution in [0.15, 0.2) is 22.7 Å². The maximum Gasteiger partial charge on any atom is 0.315 e. The van der Waals surface area contributed by atoms with E-state index < -0.39 is 0 Å². The lowest BCUT2D eigenvalue weighted by Gasteiger charge is -2.18. The SMILES string of the molecule is Cc1nc(CNC(=O)N[C@@H]2CCN(c3ncccc3F)C2)oc1C. The van der Waals surface area contributed by atoms with E-state index in [4.69, 9.17) is 4.42 Å². The molecular weight excluding hydrogens is 313 g/mol. The van der Waals surface area contributed by atoms with Crippen molar-refractivity contribution < 1.29 is 13.6 Å². The number of hydrogen-bond acceptors (Lipinski definition) is 5. The van der Waals surface area contributed by atoms with Crippen molar-refractivity contribution in [3.05, 3.63) is 41.5 Å². The van der Waals surface area contributed by atoms with Crippen LogP contribution in [0.3, 0.4) is 0 Å². The predicted octanol–water partition coefficient (Wildman–Crippen LogP) is 1.90. The fourth-order valence-electron chi connectivity index (χ4n) is 2.69. The molecule has 7 nitrogen and oxygen atoms in total. The second-order valence-corrected chi connectivity index (χ2v) is 5.82. The molecule has 1 aliphatic rings. The smallest absolute Gasteiger partial charge is 0.315 e. The topological polar surface area (TPSA) is 83.3 Å². The maximum atomic E-state index is 13.8. The first-order chi connectivity index (χ1) is 11.5. The van der Waals surface area contributed by atoms with Crippen molar-refractivity contribution in [1.82, 2.24) is 20.6 Å². The number of aryl methyl sites for hydroxylation is 2. The normalized spacial score (nSPS) is 17.1. The largest absolute Gasteiger partial charge is 0.444 e. The average molecular weight is 333 g/mol. The number of nitrogens with one attached hydrogen (secondary N) is 2. The molecule has 8 heteroatoms. The lowest BCUT2D eigenvalue weighted by molar-refractivity contribution is 0.236. The van der Waals surface area contributed by atoms with Crippen LogP contribution < -0.4 is 15.5 Å². The number of amides is 2. The highest BCUT2D eigenvalue weighted by Crippen LogP contribution is 2.20. The summed E-state index contributed by atoms with van der Waals surface area (Å²) in [5.41, 5.74) is 0.816. The molecule has 1 atom stereocenters. The molecule has 0 aliphatic carbocycles. The van der Waals surface area contributed by atoms with E-state index >= 15 is 0 Å². The fraction of sp³-hybridized carbons (Fsp3) is 0.438. The van der Waals surface area contributed by atoms with Gasteiger partial charge in [-0.3, -0.25) is 0 Å². The predicted molar refractivity (Wildman–Crippen MR) is 86.2 cm³/mol. The summed E-state index contributed by atoms with van der Waals surface area (Å²) in [4.78, 5) is 22.1. The van der Waals surface area contributed by atoms with Crippen LogP contribution in [0.2, 0.25) is 0 Å². The van der Waals surface area contributed by atoms with Crippen LogP contribution >= 0.6 is 0 Å². The van der Waals surface area contributed by atoms with Crippen molar-refractivity contribution in [2.45, 2.75) is 32.9 Å². The first-order valence-corrected chi connectivity index (χ1v) is 7.85. The summed E-state index contributed by atoms with van der Waals surface area (Å²) < 4.78 is 19.2. The van der Waals surface area contributed by atoms with Crippen LogP contribution in [0.5, 0.6) is 0 Å². The quantitative estimate of drug-likeness (QED) is 0.893. The average Bonchev–Trinajstić information content (AvgIpc) is 3.13. The summed E-state index contributed by atoms with van der Waals surface area (Å²) in [5.74, 6) is 1.20. The molecule has 1 aliphatic heterocycles. The number of nitrogens with zero attached hydrogens (tertiary/aromatic N) is 3. The van der Waals surface area contributed by atoms with E-state index in [0.29, 0.717) is 24.8 Å². The fourth-order valence-corrected chi connectivity index (χ4v) is 2.69. The van der Waals surface area contributed by atoms with Crippen LogP contribution in [0.4, 0.5) is 15.0 Å². The third-order valence-electron chi connectivity index (χ3n) is 4.04. The Morgan fingerprint density at radius 1 is 1.50 bits per heavy atom. The van der Waals surface area contributed by atoms with E-state index in [9.17, 15) is 9.18 Å². The van der Waals surface area contributed by atoms with Gasteiger partial charge in [0.2, 0.25) is 5.89 Å². The molecule has 0 bridgehead atoms. The van der Waals surface area contributed by atoms with E-state index in [1.165, 1.54) is 6.07 Å². The Bertz CT molecular complexity index is 714. The Morgan fingerprint density at radius 3 is 3.04 bits per heavy atom. The van der Waals surface area contributed by atoms with Gasteiger partial charge in [0.15, 0.2) is 11.6 Å². The minimum Gasteiger partial charge on any atom is -0.444 e. The number of hydrogen-bond donors (Lipinski definition) is 2. The van der Waals surface area contributed by atoms with Crippen LogP contribution in [0.1, 0.15) is 23.8 Å². The summed E-state index contributed by atoms with van der Waals surface area (Å²) in [5, 5.41) is 5.60. The highest BCUT2D eigenvalue weighted by molar-refractivity contribution is 5.74. The molecule has 0 aromatic carbocycles. The number of rotatable bonds is 4. The molecule has 24 heavy (non-hydrogen) atoms. The molecular formula is C16H20FN5O2. The standard InChI is InChI=1S/C16H20FN5O2/c1-10-11(2)24-14(20-10)8-19-16(23)21-12-5-7-22(9-12)15-13(17)4-3-6-18-15/h3-4,6,12H,5,7-9H2,1-2H3,(H2,19,21,23)/t12-/m1/s1. The van der Waals surface area contributed by atoms with Crippen molar-refractivity contribution in [2.75, 3.05) is 18.0 Å². The minimum absolute atomic E-state index is 0.0561. The molecule has 0 radical (unpaired) electrons. The van der Waals surface area contributed by atoms with E-state index in [1.54, 1.807) is 12.3 Å². The number of aromatic nitrogens is 2. The van der Waals surface area contributed by atoms with Crippen molar-refractivity contribution in [1.29, 1.82) is 0 Å². The lowest BCUT2D eigenvalue weighted by atomic mass is 10.3. The van der Waals surface area contributed by atoms with Gasteiger partial charge in [-0.05, 0) is 32.4 Å². The molecule has 2 aromatic heterocycles. The zero-order valence-electron chi connectivity index (χ0n) is 13.7. The number of anilines is 1. The molecule has 0 spiro atoms. The third kappa shape index (κ3) is 3.64. The second-order valence-electron chi connectivity index (χ2n) is 5.82. The summed E-state index contributed by atoms with van der Waals surface area (Å²) in [7, 11) is 0. The maximum absolute atomic E-state index is 13.8. The Balaban J connectivity index is 1.48. The summed E-state index contributed by atoms with van der Waals surface area (Å²) in [6, 6.07) is 2.59. The number of carbonyl (C=O) groups is 1. The van der Waals surface area contributed by atoms with Crippen LogP contribution in [0.25, 0.3) is 0 Å². The van der Waals surface area contributed by atoms with Gasteiger partial charge in [-0.25, -0.2) is 19.2 Å². The molecule has 2 aromatic rings. The van der Waals surface area contributed by atoms with Gasteiger partial charge in [-0.15, -0.1) is 0 Å². The lowest BCUT2D eigenvalue weighted by Crippen LogP contribution is -2.43. The first kappa shape index (κ1) is 16.2. The molecule has 3 heterocycles. The van der Waals surface area contributed by atoms with Crippen LogP contribution in [0, 0.1) is 19.7 Å². The zero-order valence-corrected chi connectivity index (χ0v) is 13.7. The van der Waals surface area contributed by atoms with E-state index in [-0.39, 0.29) is 24.4 Å². The highest BCUT2D eigenvalue weighted by Gasteiger charge is 2.26.